The summed E-state index contributed by atoms with van der Waals surface area (Å²) in [4.78, 5) is 7.96. The first kappa shape index (κ1) is 13.1. The highest BCUT2D eigenvalue weighted by Crippen LogP contribution is 2.32. The molecule has 96 valence electrons. The number of amidine groups is 1. The normalized spacial score (nSPS) is 22.6. The van der Waals surface area contributed by atoms with Gasteiger partial charge in [0.05, 0.1) is 23.9 Å². The van der Waals surface area contributed by atoms with Crippen molar-refractivity contribution < 1.29 is 4.74 Å². The number of methoxy groups -OCH3 is 1. The number of nitrogens with two attached hydrogens (primary N) is 1. The molecule has 5 nitrogen and oxygen atoms in total. The van der Waals surface area contributed by atoms with Gasteiger partial charge in [-0.2, -0.15) is 0 Å². The van der Waals surface area contributed by atoms with Gasteiger partial charge in [-0.15, -0.1) is 0 Å². The number of alkyl halides is 1. The lowest BCUT2D eigenvalue weighted by molar-refractivity contribution is 0.417. The van der Waals surface area contributed by atoms with Crippen molar-refractivity contribution in [3.05, 3.63) is 23.2 Å². The number of rotatable bonds is 2. The SMILES string of the molecule is COc1c(Cl)cccc1NC1=NC=NC(Cl)C1N. The van der Waals surface area contributed by atoms with Gasteiger partial charge in [-0.05, 0) is 12.1 Å². The molecule has 2 unspecified atom stereocenters. The summed E-state index contributed by atoms with van der Waals surface area (Å²) in [5.41, 5.74) is 6.03. The van der Waals surface area contributed by atoms with Gasteiger partial charge in [-0.3, -0.25) is 4.99 Å². The Bertz CT molecular complexity index is 504. The number of nitrogens with one attached hydrogen (secondary N) is 1. The van der Waals surface area contributed by atoms with Crippen LogP contribution in [0.2, 0.25) is 5.02 Å². The van der Waals surface area contributed by atoms with E-state index in [-0.39, 0.29) is 0 Å². The molecule has 0 aromatic heterocycles. The Morgan fingerprint density at radius 1 is 1.44 bits per heavy atom. The second kappa shape index (κ2) is 5.56. The molecular formula is C11H12Cl2N4O. The standard InChI is InChI=1S/C11H12Cl2N4O/c1-18-9-6(12)3-2-4-7(9)17-11-8(14)10(13)15-5-16-11/h2-5,8,10H,14H2,1H3,(H,15,16,17). The molecule has 3 N–H and O–H groups in total. The quantitative estimate of drug-likeness (QED) is 0.646. The predicted octanol–water partition coefficient (Wildman–Crippen LogP) is 2.09. The summed E-state index contributed by atoms with van der Waals surface area (Å²) in [5.74, 6) is 1.05. The zero-order chi connectivity index (χ0) is 13.1. The van der Waals surface area contributed by atoms with Crippen LogP contribution in [0.4, 0.5) is 5.69 Å². The molecule has 0 aliphatic carbocycles. The average Bonchev–Trinajstić information content (AvgIpc) is 2.35. The maximum absolute atomic E-state index is 6.02. The summed E-state index contributed by atoms with van der Waals surface area (Å²) in [7, 11) is 1.54. The molecule has 2 rings (SSSR count). The lowest BCUT2D eigenvalue weighted by Gasteiger charge is -2.21. The fourth-order valence-electron chi connectivity index (χ4n) is 1.54. The van der Waals surface area contributed by atoms with E-state index in [1.807, 2.05) is 6.07 Å². The van der Waals surface area contributed by atoms with Crippen LogP contribution >= 0.6 is 23.2 Å². The fourth-order valence-corrected chi connectivity index (χ4v) is 1.96. The lowest BCUT2D eigenvalue weighted by Crippen LogP contribution is -2.44. The van der Waals surface area contributed by atoms with Crippen molar-refractivity contribution in [1.82, 2.24) is 0 Å². The predicted molar refractivity (Wildman–Crippen MR) is 75.2 cm³/mol. The number of nitrogens with zero attached hydrogens (tertiary/aromatic N) is 2. The van der Waals surface area contributed by atoms with Gasteiger partial charge < -0.3 is 15.8 Å². The van der Waals surface area contributed by atoms with E-state index in [1.165, 1.54) is 6.34 Å². The molecule has 7 heteroatoms. The molecule has 0 amide bonds. The van der Waals surface area contributed by atoms with E-state index in [0.29, 0.717) is 22.3 Å². The van der Waals surface area contributed by atoms with Crippen LogP contribution in [0.5, 0.6) is 5.75 Å². The van der Waals surface area contributed by atoms with E-state index >= 15 is 0 Å². The first-order valence-electron chi connectivity index (χ1n) is 5.22. The Labute approximate surface area is 115 Å². The summed E-state index contributed by atoms with van der Waals surface area (Å²) in [5, 5.41) is 3.56. The third-order valence-electron chi connectivity index (χ3n) is 2.45. The third kappa shape index (κ3) is 2.58. The van der Waals surface area contributed by atoms with Crippen LogP contribution in [0, 0.1) is 0 Å². The third-order valence-corrected chi connectivity index (χ3v) is 3.13. The van der Waals surface area contributed by atoms with E-state index in [1.54, 1.807) is 19.2 Å². The Morgan fingerprint density at radius 2 is 2.22 bits per heavy atom. The summed E-state index contributed by atoms with van der Waals surface area (Å²) >= 11 is 12.0. The number of anilines is 1. The van der Waals surface area contributed by atoms with Crippen LogP contribution in [0.3, 0.4) is 0 Å². The smallest absolute Gasteiger partial charge is 0.160 e. The highest BCUT2D eigenvalue weighted by atomic mass is 35.5. The number of halogens is 2. The molecule has 1 aliphatic heterocycles. The molecule has 1 aromatic carbocycles. The van der Waals surface area contributed by atoms with Crippen molar-refractivity contribution in [2.24, 2.45) is 15.7 Å². The molecule has 1 heterocycles. The molecule has 1 aromatic rings. The van der Waals surface area contributed by atoms with Crippen molar-refractivity contribution in [3.8, 4) is 5.75 Å². The minimum Gasteiger partial charge on any atom is -0.493 e. The molecular weight excluding hydrogens is 275 g/mol. The summed E-state index contributed by atoms with van der Waals surface area (Å²) in [6, 6.07) is 4.85. The van der Waals surface area contributed by atoms with Crippen molar-refractivity contribution >= 4 is 41.1 Å². The highest BCUT2D eigenvalue weighted by molar-refractivity contribution is 6.32. The van der Waals surface area contributed by atoms with Crippen molar-refractivity contribution in [2.75, 3.05) is 12.4 Å². The van der Waals surface area contributed by atoms with Gasteiger partial charge >= 0.3 is 0 Å². The van der Waals surface area contributed by atoms with E-state index in [4.69, 9.17) is 33.7 Å². The maximum Gasteiger partial charge on any atom is 0.160 e. The van der Waals surface area contributed by atoms with Crippen LogP contribution < -0.4 is 15.8 Å². The van der Waals surface area contributed by atoms with Crippen LogP contribution in [0.25, 0.3) is 0 Å². The van der Waals surface area contributed by atoms with E-state index < -0.39 is 11.5 Å². The molecule has 0 radical (unpaired) electrons. The Kier molecular flexibility index (Phi) is 4.06. The number of hydrogen-bond acceptors (Lipinski definition) is 5. The zero-order valence-electron chi connectivity index (χ0n) is 9.60. The Hall–Kier alpha value is -1.30. The first-order chi connectivity index (χ1) is 8.63. The van der Waals surface area contributed by atoms with Gasteiger partial charge in [-0.1, -0.05) is 29.3 Å². The highest BCUT2D eigenvalue weighted by Gasteiger charge is 2.23. The minimum atomic E-state index is -0.532. The van der Waals surface area contributed by atoms with Crippen LogP contribution in [0.15, 0.2) is 28.2 Å². The Balaban J connectivity index is 2.27. The topological polar surface area (TPSA) is 72.0 Å². The summed E-state index contributed by atoms with van der Waals surface area (Å²) in [6.45, 7) is 0. The molecule has 0 bridgehead atoms. The van der Waals surface area contributed by atoms with Gasteiger partial charge in [0, 0.05) is 0 Å². The molecule has 18 heavy (non-hydrogen) atoms. The van der Waals surface area contributed by atoms with Crippen molar-refractivity contribution in [3.63, 3.8) is 0 Å². The van der Waals surface area contributed by atoms with Crippen LogP contribution in [-0.2, 0) is 0 Å². The van der Waals surface area contributed by atoms with Crippen molar-refractivity contribution in [2.45, 2.75) is 11.5 Å². The summed E-state index contributed by atoms with van der Waals surface area (Å²) < 4.78 is 5.22. The zero-order valence-corrected chi connectivity index (χ0v) is 11.1. The largest absolute Gasteiger partial charge is 0.493 e. The molecule has 2 atom stereocenters. The first-order valence-corrected chi connectivity index (χ1v) is 6.03. The number of ether oxygens (including phenoxy) is 1. The van der Waals surface area contributed by atoms with Gasteiger partial charge in [0.1, 0.15) is 17.7 Å². The second-order valence-electron chi connectivity index (χ2n) is 3.62. The fraction of sp³-hybridized carbons (Fsp3) is 0.273. The monoisotopic (exact) mass is 286 g/mol. The molecule has 1 aliphatic rings. The van der Waals surface area contributed by atoms with Gasteiger partial charge in [-0.25, -0.2) is 4.99 Å². The number of benzene rings is 1. The van der Waals surface area contributed by atoms with Crippen LogP contribution in [-0.4, -0.2) is 30.8 Å². The Morgan fingerprint density at radius 3 is 2.94 bits per heavy atom. The number of aliphatic imine (C=N–C) groups is 2. The van der Waals surface area contributed by atoms with Gasteiger partial charge in [0.25, 0.3) is 0 Å². The second-order valence-corrected chi connectivity index (χ2v) is 4.48. The van der Waals surface area contributed by atoms with E-state index in [2.05, 4.69) is 15.3 Å². The summed E-state index contributed by atoms with van der Waals surface area (Å²) in [6.07, 6.45) is 1.38. The molecule has 0 saturated carbocycles. The molecule has 0 saturated heterocycles. The number of hydrogen-bond donors (Lipinski definition) is 2. The lowest BCUT2D eigenvalue weighted by atomic mass is 10.2. The van der Waals surface area contributed by atoms with E-state index in [0.717, 1.165) is 0 Å². The molecule has 0 spiro atoms. The maximum atomic E-state index is 6.02. The van der Waals surface area contributed by atoms with Gasteiger partial charge in [0.15, 0.2) is 5.75 Å². The minimum absolute atomic E-state index is 0.500. The number of para-hydroxylation sites is 1. The van der Waals surface area contributed by atoms with Crippen LogP contribution in [0.1, 0.15) is 0 Å². The van der Waals surface area contributed by atoms with E-state index in [9.17, 15) is 0 Å². The van der Waals surface area contributed by atoms with Crippen molar-refractivity contribution in [1.29, 1.82) is 0 Å². The van der Waals surface area contributed by atoms with Gasteiger partial charge in [0.2, 0.25) is 0 Å². The average molecular weight is 287 g/mol. The molecule has 0 fully saturated rings.